The van der Waals surface area contributed by atoms with Gasteiger partial charge in [-0.15, -0.1) is 0 Å². The number of aliphatic hydroxyl groups excluding tert-OH is 1. The normalized spacial score (nSPS) is 13.5. The maximum Gasteiger partial charge on any atom is 0.244 e. The standard InChI is InChI=1S/C11H14BrF2NO3S/c1-7(3-2-4-16)15-19(17,18)11-9(12)5-8(13)6-10(11)14/h5-7,15-16H,2-4H2,1H3. The van der Waals surface area contributed by atoms with E-state index in [0.29, 0.717) is 18.9 Å². The highest BCUT2D eigenvalue weighted by atomic mass is 79.9. The van der Waals surface area contributed by atoms with Crippen LogP contribution in [0.3, 0.4) is 0 Å². The summed E-state index contributed by atoms with van der Waals surface area (Å²) >= 11 is 2.84. The first kappa shape index (κ1) is 16.5. The minimum atomic E-state index is -4.09. The molecular formula is C11H14BrF2NO3S. The third-order valence-electron chi connectivity index (χ3n) is 2.38. The van der Waals surface area contributed by atoms with E-state index in [1.807, 2.05) is 0 Å². The molecule has 0 aromatic heterocycles. The third kappa shape index (κ3) is 4.48. The summed E-state index contributed by atoms with van der Waals surface area (Å²) in [6.45, 7) is 1.54. The van der Waals surface area contributed by atoms with Crippen molar-refractivity contribution in [2.75, 3.05) is 6.61 Å². The average molecular weight is 358 g/mol. The van der Waals surface area contributed by atoms with Crippen molar-refractivity contribution >= 4 is 26.0 Å². The van der Waals surface area contributed by atoms with Crippen molar-refractivity contribution in [1.29, 1.82) is 0 Å². The van der Waals surface area contributed by atoms with Gasteiger partial charge in [0.15, 0.2) is 0 Å². The predicted molar refractivity (Wildman–Crippen MR) is 70.2 cm³/mol. The Morgan fingerprint density at radius 3 is 2.58 bits per heavy atom. The largest absolute Gasteiger partial charge is 0.396 e. The number of hydrogen-bond acceptors (Lipinski definition) is 3. The highest BCUT2D eigenvalue weighted by molar-refractivity contribution is 9.10. The highest BCUT2D eigenvalue weighted by Crippen LogP contribution is 2.26. The number of rotatable bonds is 6. The first-order chi connectivity index (χ1) is 8.77. The summed E-state index contributed by atoms with van der Waals surface area (Å²) in [6.07, 6.45) is 0.840. The summed E-state index contributed by atoms with van der Waals surface area (Å²) < 4.78 is 52.6. The van der Waals surface area contributed by atoms with Crippen LogP contribution in [-0.2, 0) is 10.0 Å². The van der Waals surface area contributed by atoms with Crippen molar-refractivity contribution in [2.45, 2.75) is 30.7 Å². The molecule has 0 amide bonds. The zero-order valence-electron chi connectivity index (χ0n) is 10.2. The van der Waals surface area contributed by atoms with Crippen LogP contribution in [0.25, 0.3) is 0 Å². The lowest BCUT2D eigenvalue weighted by molar-refractivity contribution is 0.279. The van der Waals surface area contributed by atoms with Gasteiger partial charge in [0.1, 0.15) is 16.5 Å². The molecule has 1 atom stereocenters. The number of nitrogens with one attached hydrogen (secondary N) is 1. The molecule has 0 bridgehead atoms. The molecule has 1 aromatic carbocycles. The number of hydrogen-bond donors (Lipinski definition) is 2. The van der Waals surface area contributed by atoms with Crippen molar-refractivity contribution in [3.63, 3.8) is 0 Å². The summed E-state index contributed by atoms with van der Waals surface area (Å²) in [7, 11) is -4.09. The summed E-state index contributed by atoms with van der Waals surface area (Å²) in [5.74, 6) is -2.02. The first-order valence-electron chi connectivity index (χ1n) is 5.55. The van der Waals surface area contributed by atoms with Crippen LogP contribution in [0.5, 0.6) is 0 Å². The van der Waals surface area contributed by atoms with E-state index in [1.54, 1.807) is 6.92 Å². The third-order valence-corrected chi connectivity index (χ3v) is 4.94. The second-order valence-electron chi connectivity index (χ2n) is 4.09. The predicted octanol–water partition coefficient (Wildman–Crippen LogP) is 2.17. The Hall–Kier alpha value is -0.570. The lowest BCUT2D eigenvalue weighted by Gasteiger charge is -2.15. The molecule has 108 valence electrons. The van der Waals surface area contributed by atoms with Crippen molar-refractivity contribution in [3.8, 4) is 0 Å². The van der Waals surface area contributed by atoms with Crippen LogP contribution in [0, 0.1) is 11.6 Å². The second kappa shape index (κ2) is 6.74. The van der Waals surface area contributed by atoms with Crippen molar-refractivity contribution < 1.29 is 22.3 Å². The minimum absolute atomic E-state index is 0.0549. The molecule has 0 aliphatic rings. The van der Waals surface area contributed by atoms with Gasteiger partial charge in [-0.05, 0) is 41.8 Å². The average Bonchev–Trinajstić information content (AvgIpc) is 2.23. The molecule has 19 heavy (non-hydrogen) atoms. The maximum absolute atomic E-state index is 13.6. The number of benzene rings is 1. The number of halogens is 3. The van der Waals surface area contributed by atoms with Gasteiger partial charge in [0.05, 0.1) is 0 Å². The quantitative estimate of drug-likeness (QED) is 0.819. The maximum atomic E-state index is 13.6. The molecule has 8 heteroatoms. The fourth-order valence-electron chi connectivity index (χ4n) is 1.57. The highest BCUT2D eigenvalue weighted by Gasteiger charge is 2.25. The zero-order valence-corrected chi connectivity index (χ0v) is 12.6. The van der Waals surface area contributed by atoms with Gasteiger partial charge in [-0.3, -0.25) is 0 Å². The lowest BCUT2D eigenvalue weighted by atomic mass is 10.2. The number of sulfonamides is 1. The van der Waals surface area contributed by atoms with E-state index >= 15 is 0 Å². The van der Waals surface area contributed by atoms with Crippen molar-refractivity contribution in [2.24, 2.45) is 0 Å². The molecule has 0 saturated heterocycles. The summed E-state index contributed by atoms with van der Waals surface area (Å²) in [5.41, 5.74) is 0. The molecule has 0 aliphatic heterocycles. The van der Waals surface area contributed by atoms with Crippen LogP contribution in [0.2, 0.25) is 0 Å². The Balaban J connectivity index is 3.01. The monoisotopic (exact) mass is 357 g/mol. The molecule has 1 rings (SSSR count). The van der Waals surface area contributed by atoms with Gasteiger partial charge < -0.3 is 5.11 Å². The van der Waals surface area contributed by atoms with E-state index in [1.165, 1.54) is 0 Å². The van der Waals surface area contributed by atoms with Crippen molar-refractivity contribution in [3.05, 3.63) is 28.2 Å². The molecule has 4 nitrogen and oxygen atoms in total. The van der Waals surface area contributed by atoms with Gasteiger partial charge in [0, 0.05) is 23.2 Å². The summed E-state index contributed by atoms with van der Waals surface area (Å²) in [6, 6.07) is 0.932. The van der Waals surface area contributed by atoms with Crippen LogP contribution in [0.4, 0.5) is 8.78 Å². The lowest BCUT2D eigenvalue weighted by Crippen LogP contribution is -2.33. The molecular weight excluding hydrogens is 344 g/mol. The van der Waals surface area contributed by atoms with Gasteiger partial charge in [-0.1, -0.05) is 0 Å². The molecule has 1 unspecified atom stereocenters. The molecule has 0 aliphatic carbocycles. The van der Waals surface area contributed by atoms with Crippen LogP contribution < -0.4 is 4.72 Å². The van der Waals surface area contributed by atoms with Gasteiger partial charge >= 0.3 is 0 Å². The molecule has 0 spiro atoms. The fourth-order valence-corrected chi connectivity index (χ4v) is 4.01. The van der Waals surface area contributed by atoms with Crippen LogP contribution >= 0.6 is 15.9 Å². The Labute approximate surface area is 119 Å². The van der Waals surface area contributed by atoms with E-state index in [9.17, 15) is 17.2 Å². The Morgan fingerprint density at radius 2 is 2.05 bits per heavy atom. The van der Waals surface area contributed by atoms with E-state index in [2.05, 4.69) is 20.7 Å². The Bertz CT molecular complexity index is 528. The van der Waals surface area contributed by atoms with E-state index in [4.69, 9.17) is 5.11 Å². The molecule has 2 N–H and O–H groups in total. The van der Waals surface area contributed by atoms with E-state index in [0.717, 1.165) is 6.07 Å². The van der Waals surface area contributed by atoms with Gasteiger partial charge in [0.25, 0.3) is 0 Å². The van der Waals surface area contributed by atoms with E-state index in [-0.39, 0.29) is 11.1 Å². The van der Waals surface area contributed by atoms with Crippen LogP contribution in [0.15, 0.2) is 21.5 Å². The first-order valence-corrected chi connectivity index (χ1v) is 7.83. The topological polar surface area (TPSA) is 66.4 Å². The second-order valence-corrected chi connectivity index (χ2v) is 6.59. The molecule has 0 saturated carbocycles. The Kier molecular flexibility index (Phi) is 5.84. The molecule has 1 aromatic rings. The smallest absolute Gasteiger partial charge is 0.244 e. The number of aliphatic hydroxyl groups is 1. The fraction of sp³-hybridized carbons (Fsp3) is 0.455. The van der Waals surface area contributed by atoms with E-state index < -0.39 is 32.6 Å². The van der Waals surface area contributed by atoms with Crippen LogP contribution in [0.1, 0.15) is 19.8 Å². The SMILES string of the molecule is CC(CCCO)NS(=O)(=O)c1c(F)cc(F)cc1Br. The molecule has 0 fully saturated rings. The summed E-state index contributed by atoms with van der Waals surface area (Å²) in [5, 5.41) is 8.66. The van der Waals surface area contributed by atoms with Gasteiger partial charge in [0.2, 0.25) is 10.0 Å². The van der Waals surface area contributed by atoms with Crippen LogP contribution in [-0.4, -0.2) is 26.2 Å². The van der Waals surface area contributed by atoms with Gasteiger partial charge in [-0.2, -0.15) is 0 Å². The molecule has 0 heterocycles. The zero-order chi connectivity index (χ0) is 14.6. The van der Waals surface area contributed by atoms with Crippen molar-refractivity contribution in [1.82, 2.24) is 4.72 Å². The van der Waals surface area contributed by atoms with Gasteiger partial charge in [-0.25, -0.2) is 21.9 Å². The molecule has 0 radical (unpaired) electrons. The summed E-state index contributed by atoms with van der Waals surface area (Å²) in [4.78, 5) is -0.621. The Morgan fingerprint density at radius 1 is 1.42 bits per heavy atom. The minimum Gasteiger partial charge on any atom is -0.396 e.